The number of hydrazine groups is 1. The normalized spacial score (nSPS) is 18.6. The molecule has 0 spiro atoms. The zero-order valence-corrected chi connectivity index (χ0v) is 10.9. The molecule has 3 N–H and O–H groups in total. The van der Waals surface area contributed by atoms with Crippen molar-refractivity contribution in [1.82, 2.24) is 5.43 Å². The molecule has 1 atom stereocenters. The van der Waals surface area contributed by atoms with E-state index < -0.39 is 0 Å². The van der Waals surface area contributed by atoms with Crippen LogP contribution in [0.15, 0.2) is 11.6 Å². The lowest BCUT2D eigenvalue weighted by Crippen LogP contribution is -2.37. The maximum Gasteiger partial charge on any atom is 0.0700 e. The Morgan fingerprint density at radius 1 is 1.29 bits per heavy atom. The number of allylic oxidation sites excluding steroid dienone is 1. The molecule has 1 rings (SSSR count). The van der Waals surface area contributed by atoms with Gasteiger partial charge in [0, 0.05) is 19.8 Å². The number of hydrogen-bond acceptors (Lipinski definition) is 4. The lowest BCUT2D eigenvalue weighted by Gasteiger charge is -2.19. The summed E-state index contributed by atoms with van der Waals surface area (Å²) < 4.78 is 10.4. The molecular formula is C13H26N2O2. The molecule has 0 radical (unpaired) electrons. The highest BCUT2D eigenvalue weighted by molar-refractivity contribution is 5.11. The zero-order valence-electron chi connectivity index (χ0n) is 10.9. The van der Waals surface area contributed by atoms with E-state index in [9.17, 15) is 0 Å². The van der Waals surface area contributed by atoms with Crippen molar-refractivity contribution in [3.8, 4) is 0 Å². The second-order valence-corrected chi connectivity index (χ2v) is 4.49. The first-order valence-corrected chi connectivity index (χ1v) is 6.60. The van der Waals surface area contributed by atoms with Crippen molar-refractivity contribution in [2.24, 2.45) is 5.84 Å². The summed E-state index contributed by atoms with van der Waals surface area (Å²) in [6.45, 7) is 2.05. The molecule has 0 fully saturated rings. The summed E-state index contributed by atoms with van der Waals surface area (Å²) in [6.07, 6.45) is 9.59. The predicted molar refractivity (Wildman–Crippen MR) is 69.6 cm³/mol. The number of methoxy groups -OCH3 is 1. The molecule has 0 aromatic carbocycles. The van der Waals surface area contributed by atoms with Crippen molar-refractivity contribution in [2.45, 2.75) is 44.6 Å². The fraction of sp³-hybridized carbons (Fsp3) is 0.846. The van der Waals surface area contributed by atoms with Crippen molar-refractivity contribution < 1.29 is 9.47 Å². The van der Waals surface area contributed by atoms with E-state index in [-0.39, 0.29) is 6.04 Å². The Bertz CT molecular complexity index is 219. The molecule has 4 heteroatoms. The van der Waals surface area contributed by atoms with E-state index >= 15 is 0 Å². The Hall–Kier alpha value is -0.420. The van der Waals surface area contributed by atoms with Crippen LogP contribution in [-0.4, -0.2) is 33.0 Å². The Labute approximate surface area is 105 Å². The molecule has 1 aliphatic carbocycles. The van der Waals surface area contributed by atoms with E-state index in [0.717, 1.165) is 13.0 Å². The van der Waals surface area contributed by atoms with Crippen LogP contribution in [0.5, 0.6) is 0 Å². The number of ether oxygens (including phenoxy) is 2. The second-order valence-electron chi connectivity index (χ2n) is 4.49. The van der Waals surface area contributed by atoms with Gasteiger partial charge in [-0.15, -0.1) is 0 Å². The van der Waals surface area contributed by atoms with Gasteiger partial charge in [-0.3, -0.25) is 11.3 Å². The number of nitrogens with two attached hydrogens (primary N) is 1. The van der Waals surface area contributed by atoms with E-state index in [2.05, 4.69) is 11.5 Å². The van der Waals surface area contributed by atoms with Crippen LogP contribution in [-0.2, 0) is 9.47 Å². The van der Waals surface area contributed by atoms with Crippen molar-refractivity contribution >= 4 is 0 Å². The Morgan fingerprint density at radius 2 is 2.18 bits per heavy atom. The molecule has 0 bridgehead atoms. The molecule has 1 aliphatic rings. The summed E-state index contributed by atoms with van der Waals surface area (Å²) in [4.78, 5) is 0. The van der Waals surface area contributed by atoms with Gasteiger partial charge in [0.15, 0.2) is 0 Å². The van der Waals surface area contributed by atoms with E-state index in [0.29, 0.717) is 13.2 Å². The summed E-state index contributed by atoms with van der Waals surface area (Å²) in [5.41, 5.74) is 4.37. The van der Waals surface area contributed by atoms with Crippen LogP contribution in [0.25, 0.3) is 0 Å². The smallest absolute Gasteiger partial charge is 0.0700 e. The van der Waals surface area contributed by atoms with Crippen LogP contribution in [0.2, 0.25) is 0 Å². The van der Waals surface area contributed by atoms with E-state index in [1.54, 1.807) is 7.11 Å². The average molecular weight is 242 g/mol. The third-order valence-corrected chi connectivity index (χ3v) is 3.21. The molecule has 0 aromatic heterocycles. The highest BCUT2D eigenvalue weighted by atomic mass is 16.5. The first-order valence-electron chi connectivity index (χ1n) is 6.60. The second kappa shape index (κ2) is 9.59. The molecule has 17 heavy (non-hydrogen) atoms. The number of rotatable bonds is 8. The van der Waals surface area contributed by atoms with Crippen molar-refractivity contribution in [3.63, 3.8) is 0 Å². The largest absolute Gasteiger partial charge is 0.382 e. The van der Waals surface area contributed by atoms with E-state index in [4.69, 9.17) is 15.3 Å². The van der Waals surface area contributed by atoms with Gasteiger partial charge in [-0.05, 0) is 32.1 Å². The first kappa shape index (κ1) is 14.6. The third kappa shape index (κ3) is 6.17. The maximum atomic E-state index is 5.62. The Kier molecular flexibility index (Phi) is 8.26. The lowest BCUT2D eigenvalue weighted by atomic mass is 10.0. The van der Waals surface area contributed by atoms with Gasteiger partial charge in [0.05, 0.1) is 13.2 Å². The molecule has 4 nitrogen and oxygen atoms in total. The minimum Gasteiger partial charge on any atom is -0.382 e. The van der Waals surface area contributed by atoms with Crippen LogP contribution in [0.1, 0.15) is 38.5 Å². The SMILES string of the molecule is COCCOCCC(NN)C1=CCCCCC1. The van der Waals surface area contributed by atoms with Gasteiger partial charge < -0.3 is 9.47 Å². The molecule has 0 amide bonds. The number of hydrogen-bond donors (Lipinski definition) is 2. The van der Waals surface area contributed by atoms with Crippen molar-refractivity contribution in [3.05, 3.63) is 11.6 Å². The molecule has 0 heterocycles. The summed E-state index contributed by atoms with van der Waals surface area (Å²) in [7, 11) is 1.68. The van der Waals surface area contributed by atoms with Gasteiger partial charge >= 0.3 is 0 Å². The van der Waals surface area contributed by atoms with Crippen molar-refractivity contribution in [2.75, 3.05) is 26.9 Å². The molecule has 100 valence electrons. The molecule has 0 aromatic rings. The van der Waals surface area contributed by atoms with Gasteiger partial charge in [0.1, 0.15) is 0 Å². The summed E-state index contributed by atoms with van der Waals surface area (Å²) >= 11 is 0. The minimum absolute atomic E-state index is 0.274. The van der Waals surface area contributed by atoms with Gasteiger partial charge in [0.2, 0.25) is 0 Å². The Balaban J connectivity index is 2.24. The van der Waals surface area contributed by atoms with Crippen LogP contribution in [0.4, 0.5) is 0 Å². The van der Waals surface area contributed by atoms with Gasteiger partial charge in [0.25, 0.3) is 0 Å². The van der Waals surface area contributed by atoms with Gasteiger partial charge in [-0.1, -0.05) is 18.1 Å². The van der Waals surface area contributed by atoms with E-state index in [1.165, 1.54) is 37.7 Å². The number of nitrogens with one attached hydrogen (secondary N) is 1. The highest BCUT2D eigenvalue weighted by Crippen LogP contribution is 2.21. The van der Waals surface area contributed by atoms with Crippen LogP contribution in [0, 0.1) is 0 Å². The third-order valence-electron chi connectivity index (χ3n) is 3.21. The lowest BCUT2D eigenvalue weighted by molar-refractivity contribution is 0.0669. The topological polar surface area (TPSA) is 56.5 Å². The molecule has 0 saturated heterocycles. The van der Waals surface area contributed by atoms with Gasteiger partial charge in [-0.2, -0.15) is 0 Å². The van der Waals surface area contributed by atoms with Crippen LogP contribution >= 0.6 is 0 Å². The van der Waals surface area contributed by atoms with Crippen molar-refractivity contribution in [1.29, 1.82) is 0 Å². The molecule has 0 aliphatic heterocycles. The highest BCUT2D eigenvalue weighted by Gasteiger charge is 2.13. The zero-order chi connectivity index (χ0) is 12.3. The summed E-state index contributed by atoms with van der Waals surface area (Å²) in [5.74, 6) is 5.62. The monoisotopic (exact) mass is 242 g/mol. The summed E-state index contributed by atoms with van der Waals surface area (Å²) in [6, 6.07) is 0.274. The first-order chi connectivity index (χ1) is 8.38. The standard InChI is InChI=1S/C13H26N2O2/c1-16-10-11-17-9-8-13(15-14)12-6-4-2-3-5-7-12/h6,13,15H,2-5,7-11,14H2,1H3. The average Bonchev–Trinajstić information content (AvgIpc) is 2.63. The molecule has 1 unspecified atom stereocenters. The maximum absolute atomic E-state index is 5.62. The summed E-state index contributed by atoms with van der Waals surface area (Å²) in [5, 5.41) is 0. The van der Waals surface area contributed by atoms with Crippen LogP contribution in [0.3, 0.4) is 0 Å². The van der Waals surface area contributed by atoms with Gasteiger partial charge in [-0.25, -0.2) is 0 Å². The van der Waals surface area contributed by atoms with E-state index in [1.807, 2.05) is 0 Å². The Morgan fingerprint density at radius 3 is 2.94 bits per heavy atom. The predicted octanol–water partition coefficient (Wildman–Crippen LogP) is 1.76. The fourth-order valence-corrected chi connectivity index (χ4v) is 2.18. The quantitative estimate of drug-likeness (QED) is 0.295. The fourth-order valence-electron chi connectivity index (χ4n) is 2.18. The van der Waals surface area contributed by atoms with Crippen LogP contribution < -0.4 is 11.3 Å². The molecule has 0 saturated carbocycles. The minimum atomic E-state index is 0.274. The molecular weight excluding hydrogens is 216 g/mol.